The number of aryl methyl sites for hydroxylation is 1. The fourth-order valence-corrected chi connectivity index (χ4v) is 1.56. The Labute approximate surface area is 81.5 Å². The van der Waals surface area contributed by atoms with Crippen LogP contribution in [0.25, 0.3) is 0 Å². The number of hydrogen-bond donors (Lipinski definition) is 2. The Morgan fingerprint density at radius 2 is 2.21 bits per heavy atom. The normalized spacial score (nSPS) is 17.9. The van der Waals surface area contributed by atoms with Gasteiger partial charge in [0.2, 0.25) is 5.96 Å². The predicted molar refractivity (Wildman–Crippen MR) is 54.0 cm³/mol. The number of rotatable bonds is 1. The predicted octanol–water partition coefficient (Wildman–Crippen LogP) is 0.593. The van der Waals surface area contributed by atoms with Gasteiger partial charge in [-0.15, -0.1) is 5.10 Å². The van der Waals surface area contributed by atoms with Gasteiger partial charge in [-0.3, -0.25) is 0 Å². The fraction of sp³-hybridized carbons (Fsp3) is 0.333. The van der Waals surface area contributed by atoms with Gasteiger partial charge in [-0.2, -0.15) is 5.10 Å². The Morgan fingerprint density at radius 1 is 1.36 bits per heavy atom. The van der Waals surface area contributed by atoms with Crippen LogP contribution in [0, 0.1) is 0 Å². The highest BCUT2D eigenvalue weighted by Crippen LogP contribution is 2.22. The zero-order valence-electron chi connectivity index (χ0n) is 7.73. The summed E-state index contributed by atoms with van der Waals surface area (Å²) in [6.07, 6.45) is 4.55. The Balaban J connectivity index is 2.32. The molecule has 0 bridgehead atoms. The number of nitrogens with zero attached hydrogens (tertiary/aromatic N) is 2. The van der Waals surface area contributed by atoms with E-state index in [1.165, 1.54) is 0 Å². The second-order valence-corrected chi connectivity index (χ2v) is 3.18. The molecule has 5 heteroatoms. The van der Waals surface area contributed by atoms with Crippen LogP contribution in [-0.2, 0) is 6.42 Å². The van der Waals surface area contributed by atoms with Crippen molar-refractivity contribution in [2.45, 2.75) is 19.3 Å². The molecule has 0 saturated heterocycles. The molecule has 0 fully saturated rings. The van der Waals surface area contributed by atoms with Gasteiger partial charge in [0, 0.05) is 12.0 Å². The first kappa shape index (κ1) is 8.80. The first-order valence-electron chi connectivity index (χ1n) is 4.49. The van der Waals surface area contributed by atoms with Gasteiger partial charge < -0.3 is 15.9 Å². The van der Waals surface area contributed by atoms with Crippen LogP contribution in [-0.4, -0.2) is 11.7 Å². The van der Waals surface area contributed by atoms with Gasteiger partial charge in [-0.25, -0.2) is 0 Å². The van der Waals surface area contributed by atoms with Gasteiger partial charge in [-0.05, 0) is 18.9 Å². The molecule has 1 aliphatic carbocycles. The van der Waals surface area contributed by atoms with Crippen LogP contribution in [0.3, 0.4) is 0 Å². The van der Waals surface area contributed by atoms with Crippen molar-refractivity contribution in [3.63, 3.8) is 0 Å². The van der Waals surface area contributed by atoms with Gasteiger partial charge in [-0.1, -0.05) is 0 Å². The molecular formula is C9H12N4O. The third-order valence-electron chi connectivity index (χ3n) is 2.16. The van der Waals surface area contributed by atoms with E-state index < -0.39 is 0 Å². The van der Waals surface area contributed by atoms with E-state index in [1.54, 1.807) is 6.26 Å². The van der Waals surface area contributed by atoms with E-state index in [0.717, 1.165) is 36.3 Å². The van der Waals surface area contributed by atoms with Gasteiger partial charge in [0.15, 0.2) is 0 Å². The van der Waals surface area contributed by atoms with Crippen molar-refractivity contribution in [2.75, 3.05) is 0 Å². The standard InChI is InChI=1S/C9H12N4O/c10-9(11)13-12-7-2-1-3-8-6(7)4-5-14-8/h4-5H,1-3H2,(H4,10,11,13)/b12-7-. The van der Waals surface area contributed by atoms with Crippen molar-refractivity contribution in [1.82, 2.24) is 0 Å². The third kappa shape index (κ3) is 1.61. The summed E-state index contributed by atoms with van der Waals surface area (Å²) in [7, 11) is 0. The van der Waals surface area contributed by atoms with Crippen molar-refractivity contribution in [2.24, 2.45) is 21.7 Å². The molecule has 4 N–H and O–H groups in total. The zero-order valence-corrected chi connectivity index (χ0v) is 7.73. The number of hydrogen-bond acceptors (Lipinski definition) is 3. The summed E-state index contributed by atoms with van der Waals surface area (Å²) in [5, 5.41) is 7.64. The molecule has 14 heavy (non-hydrogen) atoms. The minimum atomic E-state index is -0.0203. The lowest BCUT2D eigenvalue weighted by atomic mass is 9.97. The summed E-state index contributed by atoms with van der Waals surface area (Å²) >= 11 is 0. The summed E-state index contributed by atoms with van der Waals surface area (Å²) in [4.78, 5) is 0. The molecule has 0 aliphatic heterocycles. The van der Waals surface area contributed by atoms with Crippen LogP contribution in [0.5, 0.6) is 0 Å². The topological polar surface area (TPSA) is 89.9 Å². The quantitative estimate of drug-likeness (QED) is 0.387. The average molecular weight is 192 g/mol. The molecule has 0 saturated carbocycles. The SMILES string of the molecule is NC(N)=N/N=C1/CCCc2occc21. The number of fused-ring (bicyclic) bond motifs is 1. The molecule has 5 nitrogen and oxygen atoms in total. The molecular weight excluding hydrogens is 180 g/mol. The maximum absolute atomic E-state index is 5.30. The van der Waals surface area contributed by atoms with Crippen molar-refractivity contribution in [1.29, 1.82) is 0 Å². The largest absolute Gasteiger partial charge is 0.469 e. The highest BCUT2D eigenvalue weighted by Gasteiger charge is 2.17. The van der Waals surface area contributed by atoms with Crippen molar-refractivity contribution < 1.29 is 4.42 Å². The van der Waals surface area contributed by atoms with Gasteiger partial charge in [0.05, 0.1) is 12.0 Å². The molecule has 0 aromatic carbocycles. The van der Waals surface area contributed by atoms with E-state index >= 15 is 0 Å². The van der Waals surface area contributed by atoms with E-state index in [9.17, 15) is 0 Å². The summed E-state index contributed by atoms with van der Waals surface area (Å²) < 4.78 is 5.30. The minimum absolute atomic E-state index is 0.0203. The molecule has 0 atom stereocenters. The van der Waals surface area contributed by atoms with Crippen LogP contribution in [0.15, 0.2) is 26.9 Å². The second-order valence-electron chi connectivity index (χ2n) is 3.18. The Hall–Kier alpha value is -1.78. The van der Waals surface area contributed by atoms with E-state index in [4.69, 9.17) is 15.9 Å². The maximum Gasteiger partial charge on any atom is 0.211 e. The van der Waals surface area contributed by atoms with Gasteiger partial charge >= 0.3 is 0 Å². The Bertz CT molecular complexity index is 387. The molecule has 1 heterocycles. The number of furan rings is 1. The fourth-order valence-electron chi connectivity index (χ4n) is 1.56. The van der Waals surface area contributed by atoms with Crippen LogP contribution < -0.4 is 11.5 Å². The van der Waals surface area contributed by atoms with Gasteiger partial charge in [0.1, 0.15) is 5.76 Å². The molecule has 0 spiro atoms. The molecule has 0 radical (unpaired) electrons. The summed E-state index contributed by atoms with van der Waals surface area (Å²) in [6.45, 7) is 0. The van der Waals surface area contributed by atoms with Crippen molar-refractivity contribution in [3.05, 3.63) is 23.7 Å². The van der Waals surface area contributed by atoms with E-state index in [0.29, 0.717) is 0 Å². The van der Waals surface area contributed by atoms with Crippen molar-refractivity contribution >= 4 is 11.7 Å². The van der Waals surface area contributed by atoms with Gasteiger partial charge in [0.25, 0.3) is 0 Å². The van der Waals surface area contributed by atoms with E-state index in [-0.39, 0.29) is 5.96 Å². The van der Waals surface area contributed by atoms with Crippen molar-refractivity contribution in [3.8, 4) is 0 Å². The van der Waals surface area contributed by atoms with E-state index in [1.807, 2.05) is 6.07 Å². The highest BCUT2D eigenvalue weighted by molar-refractivity contribution is 6.02. The average Bonchev–Trinajstić information content (AvgIpc) is 2.62. The lowest BCUT2D eigenvalue weighted by molar-refractivity contribution is 0.498. The monoisotopic (exact) mass is 192 g/mol. The summed E-state index contributed by atoms with van der Waals surface area (Å²) in [5.41, 5.74) is 12.3. The molecule has 0 unspecified atom stereocenters. The van der Waals surface area contributed by atoms with Crippen LogP contribution in [0.1, 0.15) is 24.2 Å². The summed E-state index contributed by atoms with van der Waals surface area (Å²) in [5.74, 6) is 0.953. The number of nitrogens with two attached hydrogens (primary N) is 2. The Kier molecular flexibility index (Phi) is 2.22. The first-order chi connectivity index (χ1) is 6.77. The highest BCUT2D eigenvalue weighted by atomic mass is 16.3. The summed E-state index contributed by atoms with van der Waals surface area (Å²) in [6, 6.07) is 1.90. The zero-order chi connectivity index (χ0) is 9.97. The molecule has 0 amide bonds. The molecule has 1 aromatic rings. The lowest BCUT2D eigenvalue weighted by Gasteiger charge is -2.10. The first-order valence-corrected chi connectivity index (χ1v) is 4.49. The Morgan fingerprint density at radius 3 is 3.00 bits per heavy atom. The third-order valence-corrected chi connectivity index (χ3v) is 2.16. The van der Waals surface area contributed by atoms with Crippen LogP contribution in [0.2, 0.25) is 0 Å². The molecule has 2 rings (SSSR count). The smallest absolute Gasteiger partial charge is 0.211 e. The van der Waals surface area contributed by atoms with E-state index in [2.05, 4.69) is 10.2 Å². The second kappa shape index (κ2) is 3.53. The lowest BCUT2D eigenvalue weighted by Crippen LogP contribution is -2.22. The van der Waals surface area contributed by atoms with Crippen LogP contribution in [0.4, 0.5) is 0 Å². The minimum Gasteiger partial charge on any atom is -0.469 e. The number of guanidine groups is 1. The van der Waals surface area contributed by atoms with Crippen LogP contribution >= 0.6 is 0 Å². The molecule has 1 aromatic heterocycles. The maximum atomic E-state index is 5.30. The molecule has 74 valence electrons. The molecule has 1 aliphatic rings.